The van der Waals surface area contributed by atoms with E-state index in [1.807, 2.05) is 4.90 Å². The minimum atomic E-state index is 0.146. The molecule has 202 valence electrons. The Kier molecular flexibility index (Phi) is 6.10. The topological polar surface area (TPSA) is 61.7 Å². The van der Waals surface area contributed by atoms with Gasteiger partial charge in [0, 0.05) is 75.2 Å². The molecular formula is C31H41N5O2. The molecule has 4 fully saturated rings. The molecule has 7 nitrogen and oxygen atoms in total. The molecule has 1 unspecified atom stereocenters. The molecule has 1 aromatic heterocycles. The van der Waals surface area contributed by atoms with Crippen molar-refractivity contribution in [1.29, 1.82) is 0 Å². The largest absolute Gasteiger partial charge is 0.341 e. The van der Waals surface area contributed by atoms with Crippen LogP contribution in [0.3, 0.4) is 0 Å². The second kappa shape index (κ2) is 9.51. The van der Waals surface area contributed by atoms with Gasteiger partial charge in [0.2, 0.25) is 11.8 Å². The van der Waals surface area contributed by atoms with E-state index in [1.54, 1.807) is 6.92 Å². The third-order valence-electron chi connectivity index (χ3n) is 10.3. The number of piperidine rings is 1. The molecular weight excluding hydrogens is 474 g/mol. The van der Waals surface area contributed by atoms with Gasteiger partial charge >= 0.3 is 0 Å². The van der Waals surface area contributed by atoms with Gasteiger partial charge in [0.05, 0.1) is 12.2 Å². The number of nitrogens with zero attached hydrogens (tertiary/aromatic N) is 5. The Labute approximate surface area is 226 Å². The lowest BCUT2D eigenvalue weighted by atomic mass is 9.87. The smallest absolute Gasteiger partial charge is 0.225 e. The highest BCUT2D eigenvalue weighted by Crippen LogP contribution is 2.45. The number of hydrogen-bond donors (Lipinski definition) is 0. The van der Waals surface area contributed by atoms with Crippen molar-refractivity contribution in [3.63, 3.8) is 0 Å². The van der Waals surface area contributed by atoms with Crippen molar-refractivity contribution in [3.05, 3.63) is 53.1 Å². The molecule has 7 rings (SSSR count). The van der Waals surface area contributed by atoms with Crippen LogP contribution in [0.25, 0.3) is 0 Å². The van der Waals surface area contributed by atoms with E-state index in [9.17, 15) is 9.59 Å². The summed E-state index contributed by atoms with van der Waals surface area (Å²) in [5.41, 5.74) is 3.87. The van der Waals surface area contributed by atoms with Crippen molar-refractivity contribution >= 4 is 11.8 Å². The minimum Gasteiger partial charge on any atom is -0.341 e. The van der Waals surface area contributed by atoms with E-state index >= 15 is 0 Å². The van der Waals surface area contributed by atoms with Gasteiger partial charge < -0.3 is 14.4 Å². The van der Waals surface area contributed by atoms with Crippen LogP contribution in [0.5, 0.6) is 0 Å². The molecule has 5 atom stereocenters. The number of aryl methyl sites for hydroxylation is 1. The normalized spacial score (nSPS) is 31.1. The number of aromatic nitrogens is 2. The van der Waals surface area contributed by atoms with Gasteiger partial charge in [-0.2, -0.15) is 0 Å². The second-order valence-electron chi connectivity index (χ2n) is 12.6. The highest BCUT2D eigenvalue weighted by molar-refractivity contribution is 5.81. The number of carbonyl (C=O) groups excluding carboxylic acids is 2. The highest BCUT2D eigenvalue weighted by atomic mass is 16.2. The minimum absolute atomic E-state index is 0.146. The highest BCUT2D eigenvalue weighted by Gasteiger charge is 2.47. The quantitative estimate of drug-likeness (QED) is 0.606. The van der Waals surface area contributed by atoms with Gasteiger partial charge in [-0.15, -0.1) is 0 Å². The van der Waals surface area contributed by atoms with Crippen molar-refractivity contribution in [2.24, 2.45) is 11.8 Å². The van der Waals surface area contributed by atoms with Crippen LogP contribution in [0.2, 0.25) is 0 Å². The van der Waals surface area contributed by atoms with E-state index in [4.69, 9.17) is 4.98 Å². The predicted molar refractivity (Wildman–Crippen MR) is 146 cm³/mol. The maximum absolute atomic E-state index is 13.0. The summed E-state index contributed by atoms with van der Waals surface area (Å²) >= 11 is 0. The second-order valence-corrected chi connectivity index (χ2v) is 12.6. The number of hydrogen-bond acceptors (Lipinski definition) is 4. The van der Waals surface area contributed by atoms with Crippen LogP contribution in [0.1, 0.15) is 80.2 Å². The Morgan fingerprint density at radius 3 is 2.37 bits per heavy atom. The Bertz CT molecular complexity index is 1210. The zero-order valence-corrected chi connectivity index (χ0v) is 22.9. The lowest BCUT2D eigenvalue weighted by molar-refractivity contribution is -0.131. The van der Waals surface area contributed by atoms with E-state index in [0.29, 0.717) is 48.3 Å². The molecule has 1 saturated carbocycles. The first-order valence-electron chi connectivity index (χ1n) is 14.9. The van der Waals surface area contributed by atoms with Gasteiger partial charge in [-0.05, 0) is 56.9 Å². The van der Waals surface area contributed by atoms with E-state index in [2.05, 4.69) is 51.6 Å². The summed E-state index contributed by atoms with van der Waals surface area (Å²) in [4.78, 5) is 36.9. The molecule has 1 aliphatic carbocycles. The lowest BCUT2D eigenvalue weighted by Gasteiger charge is -2.42. The van der Waals surface area contributed by atoms with E-state index in [-0.39, 0.29) is 5.91 Å². The predicted octanol–water partition coefficient (Wildman–Crippen LogP) is 3.92. The molecule has 0 N–H and O–H groups in total. The lowest BCUT2D eigenvalue weighted by Crippen LogP contribution is -2.47. The van der Waals surface area contributed by atoms with Crippen LogP contribution in [0.4, 0.5) is 0 Å². The number of amides is 2. The summed E-state index contributed by atoms with van der Waals surface area (Å²) in [6.07, 6.45) is 8.01. The first-order valence-corrected chi connectivity index (χ1v) is 14.9. The summed E-state index contributed by atoms with van der Waals surface area (Å²) in [5.74, 6) is 2.89. The number of carbonyl (C=O) groups is 2. The zero-order valence-electron chi connectivity index (χ0n) is 22.9. The fourth-order valence-electron chi connectivity index (χ4n) is 8.22. The van der Waals surface area contributed by atoms with Crippen molar-refractivity contribution < 1.29 is 9.59 Å². The van der Waals surface area contributed by atoms with E-state index < -0.39 is 0 Å². The van der Waals surface area contributed by atoms with Crippen LogP contribution >= 0.6 is 0 Å². The molecule has 7 heteroatoms. The van der Waals surface area contributed by atoms with Gasteiger partial charge in [0.25, 0.3) is 0 Å². The average molecular weight is 516 g/mol. The number of likely N-dealkylation sites (tertiary alicyclic amines) is 1. The van der Waals surface area contributed by atoms with Crippen LogP contribution in [0, 0.1) is 18.8 Å². The molecule has 2 bridgehead atoms. The first kappa shape index (κ1) is 24.4. The van der Waals surface area contributed by atoms with E-state index in [1.165, 1.54) is 36.9 Å². The summed E-state index contributed by atoms with van der Waals surface area (Å²) < 4.78 is 2.55. The van der Waals surface area contributed by atoms with Crippen LogP contribution in [0.15, 0.2) is 30.3 Å². The van der Waals surface area contributed by atoms with Crippen molar-refractivity contribution in [1.82, 2.24) is 24.3 Å². The molecule has 0 radical (unpaired) electrons. The van der Waals surface area contributed by atoms with Crippen molar-refractivity contribution in [3.8, 4) is 0 Å². The van der Waals surface area contributed by atoms with Gasteiger partial charge in [-0.25, -0.2) is 4.98 Å². The summed E-state index contributed by atoms with van der Waals surface area (Å²) in [6.45, 7) is 8.17. The van der Waals surface area contributed by atoms with Crippen LogP contribution < -0.4 is 0 Å². The molecule has 38 heavy (non-hydrogen) atoms. The third-order valence-corrected chi connectivity index (χ3v) is 10.3. The Hall–Kier alpha value is -2.67. The summed E-state index contributed by atoms with van der Waals surface area (Å²) in [6, 6.07) is 12.7. The molecule has 1 aromatic carbocycles. The standard InChI is InChI=1S/C31H41N5O2/c1-20-32-29-19-33(21(2)37)13-12-30(29)36(20)27-14-25-10-11-26(15-27)35(25)17-24-16-34(31(38)23-8-9-23)18-28(24)22-6-4-3-5-7-22/h3-7,23-28H,8-19H2,1-2H3/t24-,25-,26+,27?,28-/m1/s1. The number of benzene rings is 1. The monoisotopic (exact) mass is 515 g/mol. The van der Waals surface area contributed by atoms with Gasteiger partial charge in [0.15, 0.2) is 0 Å². The maximum Gasteiger partial charge on any atom is 0.225 e. The van der Waals surface area contributed by atoms with Gasteiger partial charge in [0.1, 0.15) is 5.82 Å². The number of rotatable bonds is 5. The SMILES string of the molecule is CC(=O)N1CCc2c(nc(C)n2C2C[C@H]3CC[C@@H](C2)N3C[C@H]2CN(C(=O)C3CC3)C[C@@H]2c2ccccc2)C1. The first-order chi connectivity index (χ1) is 18.5. The molecule has 4 aliphatic heterocycles. The molecule has 5 aliphatic rings. The summed E-state index contributed by atoms with van der Waals surface area (Å²) in [7, 11) is 0. The molecule has 3 saturated heterocycles. The molecule has 2 amide bonds. The Morgan fingerprint density at radius 1 is 0.947 bits per heavy atom. The van der Waals surface area contributed by atoms with E-state index in [0.717, 1.165) is 57.0 Å². The molecule has 0 spiro atoms. The van der Waals surface area contributed by atoms with Gasteiger partial charge in [-0.1, -0.05) is 30.3 Å². The van der Waals surface area contributed by atoms with Crippen LogP contribution in [-0.2, 0) is 22.6 Å². The average Bonchev–Trinajstić information content (AvgIpc) is 3.54. The number of imidazole rings is 1. The molecule has 5 heterocycles. The molecule has 2 aromatic rings. The van der Waals surface area contributed by atoms with Crippen molar-refractivity contribution in [2.45, 2.75) is 89.4 Å². The van der Waals surface area contributed by atoms with Gasteiger partial charge in [-0.3, -0.25) is 14.5 Å². The van der Waals surface area contributed by atoms with Crippen molar-refractivity contribution in [2.75, 3.05) is 26.2 Å². The fraction of sp³-hybridized carbons (Fsp3) is 0.645. The zero-order chi connectivity index (χ0) is 26.0. The fourth-order valence-corrected chi connectivity index (χ4v) is 8.22. The Balaban J connectivity index is 1.08. The third kappa shape index (κ3) is 4.27. The summed E-state index contributed by atoms with van der Waals surface area (Å²) in [5, 5.41) is 0. The number of fused-ring (bicyclic) bond motifs is 3. The Morgan fingerprint density at radius 2 is 1.68 bits per heavy atom. The van der Waals surface area contributed by atoms with Crippen LogP contribution in [-0.4, -0.2) is 74.3 Å². The maximum atomic E-state index is 13.0.